The zero-order valence-electron chi connectivity index (χ0n) is 16.8. The minimum Gasteiger partial charge on any atom is -0.325 e. The van der Waals surface area contributed by atoms with Crippen molar-refractivity contribution in [3.05, 3.63) is 54.1 Å². The summed E-state index contributed by atoms with van der Waals surface area (Å²) in [5, 5.41) is 20.4. The molecule has 154 valence electrons. The maximum absolute atomic E-state index is 11.7. The lowest BCUT2D eigenvalue weighted by atomic mass is 9.98. The van der Waals surface area contributed by atoms with Gasteiger partial charge < -0.3 is 4.90 Å². The van der Waals surface area contributed by atoms with E-state index in [0.717, 1.165) is 35.1 Å². The first kappa shape index (κ1) is 21.5. The molecule has 2 aromatic carbocycles. The van der Waals surface area contributed by atoms with Crippen molar-refractivity contribution in [3.8, 4) is 28.6 Å². The Hall–Kier alpha value is -3.24. The van der Waals surface area contributed by atoms with E-state index in [1.165, 1.54) is 0 Å². The Bertz CT molecular complexity index is 1020. The molecule has 7 nitrogen and oxygen atoms in total. The fourth-order valence-electron chi connectivity index (χ4n) is 3.22. The van der Waals surface area contributed by atoms with Gasteiger partial charge in [0.05, 0.1) is 19.0 Å². The van der Waals surface area contributed by atoms with E-state index in [0.29, 0.717) is 31.9 Å². The number of rotatable bonds is 9. The van der Waals surface area contributed by atoms with Gasteiger partial charge in [-0.1, -0.05) is 61.9 Å². The summed E-state index contributed by atoms with van der Waals surface area (Å²) in [6.45, 7) is 3.65. The van der Waals surface area contributed by atoms with Crippen LogP contribution in [0.5, 0.6) is 0 Å². The van der Waals surface area contributed by atoms with Gasteiger partial charge in [0.15, 0.2) is 5.82 Å². The summed E-state index contributed by atoms with van der Waals surface area (Å²) in [5.74, 6) is 0.628. The molecule has 8 heteroatoms. The summed E-state index contributed by atoms with van der Waals surface area (Å²) < 4.78 is 1.65. The largest absolute Gasteiger partial charge is 0.325 e. The molecule has 0 unspecified atom stereocenters. The third-order valence-electron chi connectivity index (χ3n) is 4.80. The number of halogens is 1. The third-order valence-corrected chi connectivity index (χ3v) is 5.04. The van der Waals surface area contributed by atoms with Crippen molar-refractivity contribution < 1.29 is 4.79 Å². The van der Waals surface area contributed by atoms with E-state index >= 15 is 0 Å². The zero-order chi connectivity index (χ0) is 21.3. The highest BCUT2D eigenvalue weighted by atomic mass is 35.5. The second kappa shape index (κ2) is 10.5. The molecule has 1 amide bonds. The number of aryl methyl sites for hydroxylation is 1. The molecule has 0 bridgehead atoms. The molecule has 3 aromatic rings. The second-order valence-corrected chi connectivity index (χ2v) is 7.23. The Morgan fingerprint density at radius 2 is 1.90 bits per heavy atom. The zero-order valence-corrected chi connectivity index (χ0v) is 17.6. The molecule has 0 N–H and O–H groups in total. The smallest absolute Gasteiger partial charge is 0.316 e. The van der Waals surface area contributed by atoms with Gasteiger partial charge in [-0.25, -0.2) is 4.68 Å². The number of aromatic nitrogens is 4. The van der Waals surface area contributed by atoms with Crippen molar-refractivity contribution in [2.24, 2.45) is 0 Å². The van der Waals surface area contributed by atoms with E-state index in [-0.39, 0.29) is 0 Å². The molecule has 0 atom stereocenters. The van der Waals surface area contributed by atoms with Crippen LogP contribution in [0.2, 0.25) is 0 Å². The van der Waals surface area contributed by atoms with Crippen LogP contribution in [0.4, 0.5) is 4.79 Å². The van der Waals surface area contributed by atoms with Crippen LogP contribution in [-0.4, -0.2) is 37.0 Å². The monoisotopic (exact) mass is 422 g/mol. The number of nitrogens with zero attached hydrogens (tertiary/aromatic N) is 6. The highest BCUT2D eigenvalue weighted by Gasteiger charge is 2.15. The molecule has 0 radical (unpaired) electrons. The fourth-order valence-corrected chi connectivity index (χ4v) is 3.37. The van der Waals surface area contributed by atoms with Crippen molar-refractivity contribution in [3.63, 3.8) is 0 Å². The molecule has 1 aromatic heterocycles. The number of hydrogen-bond donors (Lipinski definition) is 0. The summed E-state index contributed by atoms with van der Waals surface area (Å²) in [7, 11) is 0. The molecular formula is C22H23ClN6O. The van der Waals surface area contributed by atoms with Crippen molar-refractivity contribution in [1.82, 2.24) is 25.1 Å². The average molecular weight is 423 g/mol. The van der Waals surface area contributed by atoms with Gasteiger partial charge in [-0.15, -0.1) is 5.10 Å². The van der Waals surface area contributed by atoms with Crippen molar-refractivity contribution in [2.45, 2.75) is 39.3 Å². The Morgan fingerprint density at radius 1 is 1.17 bits per heavy atom. The molecule has 0 aliphatic rings. The maximum Gasteiger partial charge on any atom is 0.316 e. The first-order valence-electron chi connectivity index (χ1n) is 9.90. The standard InChI is InChI=1S/C22H23ClN6O/c1-2-3-14-28(22(23)30)16-17-9-11-18(12-10-17)19-7-4-5-8-20(19)21-25-26-27-29(21)15-6-13-24/h4-5,7-12H,2-3,6,14-16H2,1H3. The number of benzene rings is 2. The van der Waals surface area contributed by atoms with Gasteiger partial charge in [0.2, 0.25) is 0 Å². The van der Waals surface area contributed by atoms with Crippen molar-refractivity contribution in [1.29, 1.82) is 5.26 Å². The Morgan fingerprint density at radius 3 is 2.57 bits per heavy atom. The van der Waals surface area contributed by atoms with Gasteiger partial charge in [0.1, 0.15) is 0 Å². The molecule has 3 rings (SSSR count). The van der Waals surface area contributed by atoms with Gasteiger partial charge in [0.25, 0.3) is 0 Å². The molecule has 0 fully saturated rings. The lowest BCUT2D eigenvalue weighted by Gasteiger charge is -2.19. The van der Waals surface area contributed by atoms with E-state index in [1.54, 1.807) is 9.58 Å². The van der Waals surface area contributed by atoms with Crippen LogP contribution in [-0.2, 0) is 13.1 Å². The van der Waals surface area contributed by atoms with Gasteiger partial charge in [-0.2, -0.15) is 5.26 Å². The third kappa shape index (κ3) is 5.22. The summed E-state index contributed by atoms with van der Waals surface area (Å²) in [5.41, 5.74) is 3.92. The van der Waals surface area contributed by atoms with Crippen LogP contribution < -0.4 is 0 Å². The summed E-state index contributed by atoms with van der Waals surface area (Å²) >= 11 is 5.73. The SMILES string of the molecule is CCCCN(Cc1ccc(-c2ccccc2-c2nnnn2CCC#N)cc1)C(=O)Cl. The number of nitriles is 1. The van der Waals surface area contributed by atoms with Crippen LogP contribution in [0.25, 0.3) is 22.5 Å². The number of hydrogen-bond acceptors (Lipinski definition) is 5. The van der Waals surface area contributed by atoms with E-state index in [9.17, 15) is 4.79 Å². The van der Waals surface area contributed by atoms with E-state index in [4.69, 9.17) is 16.9 Å². The lowest BCUT2D eigenvalue weighted by Crippen LogP contribution is -2.26. The molecule has 0 saturated heterocycles. The molecular weight excluding hydrogens is 400 g/mol. The van der Waals surface area contributed by atoms with E-state index < -0.39 is 5.37 Å². The molecule has 0 saturated carbocycles. The fraction of sp³-hybridized carbons (Fsp3) is 0.318. The second-order valence-electron chi connectivity index (χ2n) is 6.90. The summed E-state index contributed by atoms with van der Waals surface area (Å²) in [6.07, 6.45) is 2.26. The summed E-state index contributed by atoms with van der Waals surface area (Å²) in [4.78, 5) is 13.3. The van der Waals surface area contributed by atoms with Crippen LogP contribution >= 0.6 is 11.6 Å². The van der Waals surface area contributed by atoms with Crippen LogP contribution in [0.3, 0.4) is 0 Å². The number of amides is 1. The molecule has 0 aliphatic carbocycles. The Balaban J connectivity index is 1.85. The molecule has 0 aliphatic heterocycles. The van der Waals surface area contributed by atoms with Gasteiger partial charge >= 0.3 is 5.37 Å². The molecule has 1 heterocycles. The Kier molecular flexibility index (Phi) is 7.52. The number of unbranched alkanes of at least 4 members (excludes halogenated alkanes) is 1. The van der Waals surface area contributed by atoms with Gasteiger partial charge in [0, 0.05) is 18.7 Å². The maximum atomic E-state index is 11.7. The predicted octanol–water partition coefficient (Wildman–Crippen LogP) is 4.88. The van der Waals surface area contributed by atoms with Crippen LogP contribution in [0.1, 0.15) is 31.7 Å². The number of carbonyl (C=O) groups is 1. The normalized spacial score (nSPS) is 10.6. The van der Waals surface area contributed by atoms with Crippen LogP contribution in [0, 0.1) is 11.3 Å². The highest BCUT2D eigenvalue weighted by Crippen LogP contribution is 2.31. The van der Waals surface area contributed by atoms with Crippen molar-refractivity contribution in [2.75, 3.05) is 6.54 Å². The van der Waals surface area contributed by atoms with Crippen molar-refractivity contribution >= 4 is 17.0 Å². The minimum absolute atomic E-state index is 0.336. The lowest BCUT2D eigenvalue weighted by molar-refractivity contribution is 0.218. The quantitative estimate of drug-likeness (QED) is 0.362. The van der Waals surface area contributed by atoms with Gasteiger partial charge in [-0.3, -0.25) is 4.79 Å². The molecule has 0 spiro atoms. The summed E-state index contributed by atoms with van der Waals surface area (Å²) in [6, 6.07) is 18.1. The topological polar surface area (TPSA) is 87.7 Å². The first-order chi connectivity index (χ1) is 14.6. The van der Waals surface area contributed by atoms with Gasteiger partial charge in [-0.05, 0) is 45.1 Å². The number of tetrazole rings is 1. The highest BCUT2D eigenvalue weighted by molar-refractivity contribution is 6.62. The average Bonchev–Trinajstić information content (AvgIpc) is 3.24. The Labute approximate surface area is 180 Å². The van der Waals surface area contributed by atoms with E-state index in [2.05, 4.69) is 28.5 Å². The number of carbonyl (C=O) groups excluding carboxylic acids is 1. The minimum atomic E-state index is -0.429. The molecule has 30 heavy (non-hydrogen) atoms. The van der Waals surface area contributed by atoms with Crippen LogP contribution in [0.15, 0.2) is 48.5 Å². The van der Waals surface area contributed by atoms with E-state index in [1.807, 2.05) is 48.5 Å². The first-order valence-corrected chi connectivity index (χ1v) is 10.3. The predicted molar refractivity (Wildman–Crippen MR) is 115 cm³/mol.